The van der Waals surface area contributed by atoms with Crippen LogP contribution in [0, 0.1) is 88.8 Å². The maximum atomic E-state index is 15.0. The van der Waals surface area contributed by atoms with Gasteiger partial charge in [0.1, 0.15) is 11.2 Å². The molecule has 8 saturated carbocycles. The summed E-state index contributed by atoms with van der Waals surface area (Å²) in [5.41, 5.74) is -1.10. The summed E-state index contributed by atoms with van der Waals surface area (Å²) in [6, 6.07) is 0. The highest BCUT2D eigenvalue weighted by Gasteiger charge is 2.59. The Bertz CT molecular complexity index is 1400. The van der Waals surface area contributed by atoms with Crippen LogP contribution in [0.25, 0.3) is 0 Å². The van der Waals surface area contributed by atoms with E-state index < -0.39 is 41.2 Å². The van der Waals surface area contributed by atoms with E-state index in [4.69, 9.17) is 18.9 Å². The van der Waals surface area contributed by atoms with Gasteiger partial charge < -0.3 is 24.1 Å². The van der Waals surface area contributed by atoms with Crippen molar-refractivity contribution in [3.63, 3.8) is 0 Å². The number of aliphatic hydroxyl groups excluding tert-OH is 1. The van der Waals surface area contributed by atoms with Crippen molar-refractivity contribution in [2.24, 2.45) is 88.8 Å². The first kappa shape index (κ1) is 58.8. The van der Waals surface area contributed by atoms with Gasteiger partial charge >= 0.3 is 23.9 Å². The van der Waals surface area contributed by atoms with E-state index in [1.807, 2.05) is 20.8 Å². The first-order valence-electron chi connectivity index (χ1n) is 21.6. The topological polar surface area (TPSA) is 125 Å². The number of esters is 4. The van der Waals surface area contributed by atoms with Crippen molar-refractivity contribution in [1.29, 1.82) is 0 Å². The summed E-state index contributed by atoms with van der Waals surface area (Å²) < 4.78 is 23.6. The van der Waals surface area contributed by atoms with E-state index in [0.717, 1.165) is 63.2 Å². The van der Waals surface area contributed by atoms with Crippen molar-refractivity contribution < 1.29 is 43.2 Å². The highest BCUT2D eigenvalue weighted by Crippen LogP contribution is 2.62. The van der Waals surface area contributed by atoms with Crippen molar-refractivity contribution in [3.8, 4) is 0 Å². The summed E-state index contributed by atoms with van der Waals surface area (Å²) in [5.74, 6) is 2.40. The number of rotatable bonds is 12. The summed E-state index contributed by atoms with van der Waals surface area (Å²) in [7, 11) is 0. The molecule has 1 aliphatic heterocycles. The highest BCUT2D eigenvalue weighted by atomic mass is 16.6. The number of hydrogen-bond acceptors (Lipinski definition) is 9. The first-order chi connectivity index (χ1) is 25.1. The molecule has 0 aromatic heterocycles. The van der Waals surface area contributed by atoms with Crippen molar-refractivity contribution in [2.45, 2.75) is 214 Å². The van der Waals surface area contributed by atoms with Crippen molar-refractivity contribution in [3.05, 3.63) is 0 Å². The van der Waals surface area contributed by atoms with E-state index >= 15 is 0 Å². The van der Waals surface area contributed by atoms with Crippen LogP contribution >= 0.6 is 0 Å². The molecule has 1 heterocycles. The molecule has 9 rings (SSSR count). The Morgan fingerprint density at radius 3 is 1.87 bits per heavy atom. The third-order valence-corrected chi connectivity index (χ3v) is 16.8. The molecule has 8 aliphatic carbocycles. The lowest BCUT2D eigenvalue weighted by Gasteiger charge is -2.59. The number of aliphatic hydroxyl groups is 1. The molecule has 13 unspecified atom stereocenters. The maximum Gasteiger partial charge on any atom is 0.347 e. The molecule has 9 heteroatoms. The van der Waals surface area contributed by atoms with Crippen molar-refractivity contribution in [2.75, 3.05) is 6.61 Å². The Balaban J connectivity index is 0.00000450. The van der Waals surface area contributed by atoms with E-state index in [9.17, 15) is 24.3 Å². The molecular formula is C52H98O9. The molecule has 9 nitrogen and oxygen atoms in total. The molecule has 0 radical (unpaired) electrons. The van der Waals surface area contributed by atoms with Crippen LogP contribution in [-0.4, -0.2) is 59.0 Å². The lowest BCUT2D eigenvalue weighted by molar-refractivity contribution is -0.208. The number of hydrogen-bond donors (Lipinski definition) is 1. The van der Waals surface area contributed by atoms with Crippen molar-refractivity contribution >= 4 is 23.9 Å². The molecular weight excluding hydrogens is 769 g/mol. The van der Waals surface area contributed by atoms with Gasteiger partial charge in [0, 0.05) is 6.42 Å². The van der Waals surface area contributed by atoms with E-state index in [1.165, 1.54) is 12.8 Å². The predicted molar refractivity (Wildman–Crippen MR) is 249 cm³/mol. The van der Waals surface area contributed by atoms with Gasteiger partial charge in [0.15, 0.2) is 0 Å². The number of fused-ring (bicyclic) bond motifs is 4. The largest absolute Gasteiger partial charge is 0.463 e. The molecule has 9 aliphatic rings. The van der Waals surface area contributed by atoms with E-state index in [1.54, 1.807) is 0 Å². The van der Waals surface area contributed by atoms with Crippen LogP contribution in [0.4, 0.5) is 0 Å². The van der Waals surface area contributed by atoms with Crippen LogP contribution in [0.2, 0.25) is 0 Å². The minimum absolute atomic E-state index is 0. The van der Waals surface area contributed by atoms with Gasteiger partial charge in [-0.1, -0.05) is 73.3 Å². The van der Waals surface area contributed by atoms with Crippen LogP contribution < -0.4 is 0 Å². The zero-order chi connectivity index (χ0) is 37.6. The van der Waals surface area contributed by atoms with Crippen LogP contribution in [-0.2, 0) is 38.1 Å². The van der Waals surface area contributed by atoms with Gasteiger partial charge in [-0.2, -0.15) is 0 Å². The lowest BCUT2D eigenvalue weighted by atomic mass is 9.50. The van der Waals surface area contributed by atoms with E-state index in [0.29, 0.717) is 60.7 Å². The second-order valence-electron chi connectivity index (χ2n) is 20.8. The Kier molecular flexibility index (Phi) is 21.4. The molecule has 8 bridgehead atoms. The third kappa shape index (κ3) is 11.2. The van der Waals surface area contributed by atoms with Crippen LogP contribution in [0.15, 0.2) is 0 Å². The highest BCUT2D eigenvalue weighted by molar-refractivity contribution is 5.82. The van der Waals surface area contributed by atoms with Gasteiger partial charge in [0.2, 0.25) is 6.10 Å². The van der Waals surface area contributed by atoms with Crippen LogP contribution in [0.5, 0.6) is 0 Å². The Labute approximate surface area is 375 Å². The zero-order valence-electron chi connectivity index (χ0n) is 33.1. The number of ether oxygens (including phenoxy) is 4. The van der Waals surface area contributed by atoms with Crippen LogP contribution in [0.3, 0.4) is 0 Å². The van der Waals surface area contributed by atoms with Gasteiger partial charge in [0.25, 0.3) is 0 Å². The zero-order valence-corrected chi connectivity index (χ0v) is 33.1. The average Bonchev–Trinajstić information content (AvgIpc) is 3.91. The second-order valence-corrected chi connectivity index (χ2v) is 20.8. The fraction of sp³-hybridized carbons (Fsp3) is 0.923. The first-order valence-corrected chi connectivity index (χ1v) is 21.6. The van der Waals surface area contributed by atoms with Crippen LogP contribution in [0.1, 0.15) is 191 Å². The molecule has 13 atom stereocenters. The summed E-state index contributed by atoms with van der Waals surface area (Å²) in [4.78, 5) is 54.6. The molecule has 0 aromatic rings. The van der Waals surface area contributed by atoms with Crippen molar-refractivity contribution in [1.82, 2.24) is 0 Å². The number of carbonyl (C=O) groups excluding carboxylic acids is 4. The molecule has 61 heavy (non-hydrogen) atoms. The minimum atomic E-state index is -0.880. The fourth-order valence-corrected chi connectivity index (χ4v) is 14.4. The van der Waals surface area contributed by atoms with Gasteiger partial charge in [-0.3, -0.25) is 14.4 Å². The van der Waals surface area contributed by atoms with Gasteiger partial charge in [-0.15, -0.1) is 0 Å². The number of cyclic esters (lactones) is 1. The Morgan fingerprint density at radius 1 is 0.770 bits per heavy atom. The Morgan fingerprint density at radius 2 is 1.36 bits per heavy atom. The standard InChI is InChI=1S/C44H66O9.8CH4/c1-22-28-17-33(34(18-28)36(45)21-38(46)52-43(3,4)5)32(22)19-29(40(47)53-44(6)30-12-24-11-25(14-30)15-31(44)13-24)20-35(39-23(2)26-7-8-27(39)16-26)41(48)51-37-9-10-50-42(37)49;;;;;;;;/h22-37,39,45H,7-21H2,1-6H3;8*1H4. The van der Waals surface area contributed by atoms with Gasteiger partial charge in [-0.25, -0.2) is 4.79 Å². The molecule has 1 saturated heterocycles. The summed E-state index contributed by atoms with van der Waals surface area (Å²) in [6.45, 7) is 12.6. The monoisotopic (exact) mass is 867 g/mol. The molecule has 0 amide bonds. The predicted octanol–water partition coefficient (Wildman–Crippen LogP) is 12.4. The molecule has 360 valence electrons. The lowest BCUT2D eigenvalue weighted by Crippen LogP contribution is -2.58. The van der Waals surface area contributed by atoms with E-state index in [-0.39, 0.29) is 114 Å². The normalized spacial score (nSPS) is 39.3. The fourth-order valence-electron chi connectivity index (χ4n) is 14.4. The van der Waals surface area contributed by atoms with Gasteiger partial charge in [-0.05, 0) is 182 Å². The average molecular weight is 867 g/mol. The summed E-state index contributed by atoms with van der Waals surface area (Å²) >= 11 is 0. The molecule has 1 N–H and O–H groups in total. The minimum Gasteiger partial charge on any atom is -0.463 e. The maximum absolute atomic E-state index is 15.0. The van der Waals surface area contributed by atoms with Gasteiger partial charge in [0.05, 0.1) is 31.0 Å². The third-order valence-electron chi connectivity index (χ3n) is 16.8. The molecule has 9 fully saturated rings. The summed E-state index contributed by atoms with van der Waals surface area (Å²) in [6.07, 6.45) is 10.7. The van der Waals surface area contributed by atoms with E-state index in [2.05, 4.69) is 20.8 Å². The quantitative estimate of drug-likeness (QED) is 0.151. The number of carbonyl (C=O) groups is 4. The summed E-state index contributed by atoms with van der Waals surface area (Å²) in [5, 5.41) is 11.5. The second kappa shape index (κ2) is 22.2. The SMILES string of the molecule is C.C.C.C.C.C.C.C.CC1C2CC(C(O)CC(=O)OC(C)(C)C)C(C2)C1CC(CC(C(=O)OC1CCOC1=O)C1C2CCC(C2)C1C)C(=O)OC1(C)C2CC3CC(C2)CC1C3. The Hall–Kier alpha value is -2.16. The molecule has 0 aromatic carbocycles. The smallest absolute Gasteiger partial charge is 0.347 e. The molecule has 0 spiro atoms.